The zero-order chi connectivity index (χ0) is 48.6. The molecule has 0 rings (SSSR count). The molecule has 0 N–H and O–H groups in total. The summed E-state index contributed by atoms with van der Waals surface area (Å²) in [5, 5.41) is 0. The molecule has 6 nitrogen and oxygen atoms in total. The Morgan fingerprint density at radius 2 is 0.493 bits per heavy atom. The minimum atomic E-state index is -0.770. The largest absolute Gasteiger partial charge is 0.462 e. The van der Waals surface area contributed by atoms with E-state index in [1.165, 1.54) is 231 Å². The molecule has 0 aliphatic carbocycles. The summed E-state index contributed by atoms with van der Waals surface area (Å²) < 4.78 is 16.9. The molecule has 0 fully saturated rings. The molecular weight excluding hydrogens is 829 g/mol. The van der Waals surface area contributed by atoms with Gasteiger partial charge in [0.15, 0.2) is 6.10 Å². The first-order chi connectivity index (χ1) is 33.0. The first kappa shape index (κ1) is 64.9. The second kappa shape index (κ2) is 56.5. The number of hydrogen-bond acceptors (Lipinski definition) is 6. The van der Waals surface area contributed by atoms with Gasteiger partial charge < -0.3 is 14.2 Å². The molecule has 0 aromatic rings. The summed E-state index contributed by atoms with van der Waals surface area (Å²) in [5.74, 6) is -0.854. The Labute approximate surface area is 417 Å². The minimum absolute atomic E-state index is 0.0690. The molecule has 0 bridgehead atoms. The summed E-state index contributed by atoms with van der Waals surface area (Å²) in [5.41, 5.74) is 0. The first-order valence-electron chi connectivity index (χ1n) is 29.8. The highest BCUT2D eigenvalue weighted by Crippen LogP contribution is 2.17. The molecule has 0 saturated heterocycles. The number of hydrogen-bond donors (Lipinski definition) is 0. The average Bonchev–Trinajstić information content (AvgIpc) is 3.33. The van der Waals surface area contributed by atoms with Crippen molar-refractivity contribution in [3.05, 3.63) is 24.3 Å². The fourth-order valence-corrected chi connectivity index (χ4v) is 8.91. The maximum absolute atomic E-state index is 12.9. The zero-order valence-corrected chi connectivity index (χ0v) is 45.2. The Balaban J connectivity index is 4.31. The highest BCUT2D eigenvalue weighted by atomic mass is 16.6. The molecule has 0 heterocycles. The van der Waals surface area contributed by atoms with Gasteiger partial charge in [-0.3, -0.25) is 14.4 Å². The van der Waals surface area contributed by atoms with Gasteiger partial charge >= 0.3 is 17.9 Å². The Morgan fingerprint density at radius 3 is 0.746 bits per heavy atom. The van der Waals surface area contributed by atoms with Crippen molar-refractivity contribution >= 4 is 17.9 Å². The fraction of sp³-hybridized carbons (Fsp3) is 0.885. The zero-order valence-electron chi connectivity index (χ0n) is 45.2. The summed E-state index contributed by atoms with van der Waals surface area (Å²) in [6.45, 7) is 6.68. The van der Waals surface area contributed by atoms with Gasteiger partial charge in [0, 0.05) is 19.3 Å². The molecule has 0 aliphatic heterocycles. The van der Waals surface area contributed by atoms with E-state index in [9.17, 15) is 14.4 Å². The molecule has 1 atom stereocenters. The standard InChI is InChI=1S/C61H114O6/c1-4-7-10-13-16-19-22-25-27-29-30-32-33-36-39-42-45-48-51-54-60(63)66-57-58(56-65-59(62)53-50-47-44-41-38-35-24-21-18-15-12-9-6-3)67-61(64)55-52-49-46-43-40-37-34-31-28-26-23-20-17-14-11-8-5-2/h25-28,58H,4-24,29-57H2,1-3H3/b27-25+,28-26+/t58-/m1/s1. The molecular formula is C61H114O6. The lowest BCUT2D eigenvalue weighted by molar-refractivity contribution is -0.167. The molecule has 0 aliphatic rings. The number of esters is 3. The maximum Gasteiger partial charge on any atom is 0.306 e. The van der Waals surface area contributed by atoms with E-state index in [-0.39, 0.29) is 31.1 Å². The lowest BCUT2D eigenvalue weighted by Gasteiger charge is -2.18. The van der Waals surface area contributed by atoms with Crippen LogP contribution in [0.15, 0.2) is 24.3 Å². The van der Waals surface area contributed by atoms with E-state index < -0.39 is 6.10 Å². The Hall–Kier alpha value is -2.11. The van der Waals surface area contributed by atoms with E-state index in [2.05, 4.69) is 45.1 Å². The van der Waals surface area contributed by atoms with Gasteiger partial charge in [-0.15, -0.1) is 0 Å². The van der Waals surface area contributed by atoms with E-state index >= 15 is 0 Å². The third kappa shape index (κ3) is 54.7. The molecule has 0 spiro atoms. The molecule has 6 heteroatoms. The third-order valence-electron chi connectivity index (χ3n) is 13.4. The summed E-state index contributed by atoms with van der Waals surface area (Å²) in [6, 6.07) is 0. The van der Waals surface area contributed by atoms with Crippen molar-refractivity contribution in [1.82, 2.24) is 0 Å². The highest BCUT2D eigenvalue weighted by molar-refractivity contribution is 5.71. The molecule has 0 radical (unpaired) electrons. The van der Waals surface area contributed by atoms with Crippen LogP contribution in [-0.4, -0.2) is 37.2 Å². The van der Waals surface area contributed by atoms with E-state index in [1.54, 1.807) is 0 Å². The molecule has 0 unspecified atom stereocenters. The van der Waals surface area contributed by atoms with Crippen LogP contribution in [0.2, 0.25) is 0 Å². The average molecular weight is 944 g/mol. The van der Waals surface area contributed by atoms with Gasteiger partial charge in [0.05, 0.1) is 0 Å². The van der Waals surface area contributed by atoms with E-state index in [4.69, 9.17) is 14.2 Å². The van der Waals surface area contributed by atoms with Crippen LogP contribution in [0.1, 0.15) is 329 Å². The van der Waals surface area contributed by atoms with E-state index in [0.717, 1.165) is 57.8 Å². The van der Waals surface area contributed by atoms with Crippen molar-refractivity contribution in [3.8, 4) is 0 Å². The van der Waals surface area contributed by atoms with Gasteiger partial charge in [-0.25, -0.2) is 0 Å². The van der Waals surface area contributed by atoms with Gasteiger partial charge in [0.1, 0.15) is 13.2 Å². The van der Waals surface area contributed by atoms with Crippen LogP contribution in [-0.2, 0) is 28.6 Å². The first-order valence-corrected chi connectivity index (χ1v) is 29.8. The summed E-state index contributed by atoms with van der Waals surface area (Å²) in [6.07, 6.45) is 65.9. The van der Waals surface area contributed by atoms with Crippen LogP contribution in [0.25, 0.3) is 0 Å². The summed E-state index contributed by atoms with van der Waals surface area (Å²) in [4.78, 5) is 38.2. The maximum atomic E-state index is 12.9. The topological polar surface area (TPSA) is 78.9 Å². The molecule has 67 heavy (non-hydrogen) atoms. The van der Waals surface area contributed by atoms with Gasteiger partial charge in [-0.1, -0.05) is 263 Å². The van der Waals surface area contributed by atoms with Crippen LogP contribution in [0, 0.1) is 0 Å². The number of allylic oxidation sites excluding steroid dienone is 4. The van der Waals surface area contributed by atoms with Gasteiger partial charge in [-0.05, 0) is 70.6 Å². The second-order valence-electron chi connectivity index (χ2n) is 20.3. The van der Waals surface area contributed by atoms with Crippen molar-refractivity contribution in [1.29, 1.82) is 0 Å². The smallest absolute Gasteiger partial charge is 0.306 e. The molecule has 0 aromatic heterocycles. The number of carbonyl (C=O) groups excluding carboxylic acids is 3. The monoisotopic (exact) mass is 943 g/mol. The number of carbonyl (C=O) groups is 3. The van der Waals surface area contributed by atoms with Crippen molar-refractivity contribution in [2.45, 2.75) is 335 Å². The molecule has 0 saturated carbocycles. The van der Waals surface area contributed by atoms with Gasteiger partial charge in [0.2, 0.25) is 0 Å². The van der Waals surface area contributed by atoms with Gasteiger partial charge in [0.25, 0.3) is 0 Å². The van der Waals surface area contributed by atoms with Crippen LogP contribution >= 0.6 is 0 Å². The third-order valence-corrected chi connectivity index (χ3v) is 13.4. The van der Waals surface area contributed by atoms with E-state index in [1.807, 2.05) is 0 Å². The van der Waals surface area contributed by atoms with Crippen molar-refractivity contribution in [2.75, 3.05) is 13.2 Å². The van der Waals surface area contributed by atoms with Crippen molar-refractivity contribution < 1.29 is 28.6 Å². The fourth-order valence-electron chi connectivity index (χ4n) is 8.91. The van der Waals surface area contributed by atoms with Crippen molar-refractivity contribution in [3.63, 3.8) is 0 Å². The van der Waals surface area contributed by atoms with Gasteiger partial charge in [-0.2, -0.15) is 0 Å². The normalized spacial score (nSPS) is 12.1. The SMILES string of the molecule is CCCCCCCC/C=C/CCCCCCCCCCCC(=O)OC[C@@H](COC(=O)CCCCCCCCCCCCCCC)OC(=O)CCCCCCCCC/C=C/CCCCCCCC. The summed E-state index contributed by atoms with van der Waals surface area (Å²) >= 11 is 0. The predicted octanol–water partition coefficient (Wildman–Crippen LogP) is 19.9. The summed E-state index contributed by atoms with van der Waals surface area (Å²) in [7, 11) is 0. The van der Waals surface area contributed by atoms with E-state index in [0.29, 0.717) is 19.3 Å². The lowest BCUT2D eigenvalue weighted by Crippen LogP contribution is -2.30. The molecule has 394 valence electrons. The van der Waals surface area contributed by atoms with Crippen molar-refractivity contribution in [2.24, 2.45) is 0 Å². The second-order valence-corrected chi connectivity index (χ2v) is 20.3. The molecule has 0 amide bonds. The number of ether oxygens (including phenoxy) is 3. The Kier molecular flexibility index (Phi) is 54.7. The number of rotatable bonds is 55. The quantitative estimate of drug-likeness (QED) is 0.0262. The van der Waals surface area contributed by atoms with Crippen LogP contribution in [0.4, 0.5) is 0 Å². The van der Waals surface area contributed by atoms with Crippen LogP contribution < -0.4 is 0 Å². The lowest BCUT2D eigenvalue weighted by atomic mass is 10.0. The Bertz CT molecular complexity index is 1080. The highest BCUT2D eigenvalue weighted by Gasteiger charge is 2.19. The predicted molar refractivity (Wildman–Crippen MR) is 289 cm³/mol. The Morgan fingerprint density at radius 1 is 0.284 bits per heavy atom. The van der Waals surface area contributed by atoms with Crippen LogP contribution in [0.3, 0.4) is 0 Å². The van der Waals surface area contributed by atoms with Crippen LogP contribution in [0.5, 0.6) is 0 Å². The number of unbranched alkanes of at least 4 members (excludes halogenated alkanes) is 40. The minimum Gasteiger partial charge on any atom is -0.462 e. The molecule has 0 aromatic carbocycles.